The van der Waals surface area contributed by atoms with E-state index < -0.39 is 0 Å². The largest absolute Gasteiger partial charge is 0.312 e. The minimum atomic E-state index is 0. The van der Waals surface area contributed by atoms with Crippen molar-refractivity contribution in [2.45, 2.75) is 0 Å². The van der Waals surface area contributed by atoms with Gasteiger partial charge < -0.3 is 9.80 Å². The lowest BCUT2D eigenvalue weighted by molar-refractivity contribution is 0.505. The fourth-order valence-corrected chi connectivity index (χ4v) is 0. The quantitative estimate of drug-likeness (QED) is 0.572. The van der Waals surface area contributed by atoms with E-state index in [1.165, 1.54) is 0 Å². The second kappa shape index (κ2) is 11.2. The van der Waals surface area contributed by atoms with Crippen molar-refractivity contribution in [2.75, 3.05) is 42.3 Å². The molecule has 0 heterocycles. The molecule has 0 fully saturated rings. The van der Waals surface area contributed by atoms with Crippen LogP contribution in [0.4, 0.5) is 0 Å². The molecule has 0 radical (unpaired) electrons. The van der Waals surface area contributed by atoms with Gasteiger partial charge in [-0.1, -0.05) is 0 Å². The van der Waals surface area contributed by atoms with Crippen LogP contribution in [0.3, 0.4) is 0 Å². The van der Waals surface area contributed by atoms with Gasteiger partial charge >= 0.3 is 0 Å². The predicted molar refractivity (Wildman–Crippen MR) is 49.5 cm³/mol. The van der Waals surface area contributed by atoms with Gasteiger partial charge in [0.25, 0.3) is 0 Å². The summed E-state index contributed by atoms with van der Waals surface area (Å²) in [6.45, 7) is 0. The van der Waals surface area contributed by atoms with Crippen molar-refractivity contribution in [2.24, 2.45) is 0 Å². The molecule has 3 heteroatoms. The van der Waals surface area contributed by atoms with Gasteiger partial charge in [-0.2, -0.15) is 0 Å². The van der Waals surface area contributed by atoms with Crippen LogP contribution in [0, 0.1) is 0 Å². The molecule has 0 rings (SSSR count). The molecule has 0 unspecified atom stereocenters. The van der Waals surface area contributed by atoms with Crippen LogP contribution in [-0.2, 0) is 0 Å². The lowest BCUT2D eigenvalue weighted by Crippen LogP contribution is -1.99. The minimum absolute atomic E-state index is 0. The molecule has 0 bridgehead atoms. The van der Waals surface area contributed by atoms with E-state index in [1.807, 2.05) is 52.1 Å². The summed E-state index contributed by atoms with van der Waals surface area (Å²) >= 11 is 0. The van der Waals surface area contributed by atoms with Gasteiger partial charge in [0.15, 0.2) is 0 Å². The van der Waals surface area contributed by atoms with Crippen molar-refractivity contribution in [1.82, 2.24) is 9.80 Å². The van der Waals surface area contributed by atoms with Crippen LogP contribution in [0.15, 0.2) is 0 Å². The lowest BCUT2D eigenvalue weighted by atomic mass is 11.0. The molecule has 0 saturated carbocycles. The highest BCUT2D eigenvalue weighted by Crippen LogP contribution is 1.48. The van der Waals surface area contributed by atoms with Crippen LogP contribution >= 0.6 is 17.0 Å². The normalized spacial score (nSPS) is 8.00. The van der Waals surface area contributed by atoms with Gasteiger partial charge in [0.05, 0.1) is 0 Å². The Morgan fingerprint density at radius 1 is 0.556 bits per heavy atom. The molecule has 0 aromatic rings. The summed E-state index contributed by atoms with van der Waals surface area (Å²) < 4.78 is 0. The number of hydrogen-bond donors (Lipinski definition) is 0. The summed E-state index contributed by atoms with van der Waals surface area (Å²) in [6.07, 6.45) is 0. The van der Waals surface area contributed by atoms with Crippen molar-refractivity contribution in [3.8, 4) is 0 Å². The van der Waals surface area contributed by atoms with Crippen LogP contribution in [0.1, 0.15) is 0 Å². The van der Waals surface area contributed by atoms with Crippen molar-refractivity contribution in [1.29, 1.82) is 0 Å². The van der Waals surface area contributed by atoms with Crippen molar-refractivity contribution in [3.05, 3.63) is 0 Å². The molecule has 2 nitrogen and oxygen atoms in total. The fourth-order valence-electron chi connectivity index (χ4n) is 0. The Labute approximate surface area is 69.6 Å². The second-order valence-electron chi connectivity index (χ2n) is 2.68. The summed E-state index contributed by atoms with van der Waals surface area (Å²) in [6, 6.07) is 0. The highest BCUT2D eigenvalue weighted by molar-refractivity contribution is 8.93. The zero-order valence-corrected chi connectivity index (χ0v) is 9.02. The summed E-state index contributed by atoms with van der Waals surface area (Å²) in [5.41, 5.74) is 0. The molecular weight excluding hydrogens is 180 g/mol. The van der Waals surface area contributed by atoms with Gasteiger partial charge in [0.1, 0.15) is 0 Å². The van der Waals surface area contributed by atoms with Crippen LogP contribution in [-0.4, -0.2) is 52.1 Å². The molecule has 0 aromatic carbocycles. The molecule has 0 amide bonds. The van der Waals surface area contributed by atoms with Gasteiger partial charge in [0.2, 0.25) is 0 Å². The molecule has 0 aliphatic heterocycles. The Kier molecular flexibility index (Phi) is 20.2. The Morgan fingerprint density at radius 3 is 0.556 bits per heavy atom. The monoisotopic (exact) mass is 198 g/mol. The van der Waals surface area contributed by atoms with Crippen molar-refractivity contribution in [3.63, 3.8) is 0 Å². The Morgan fingerprint density at radius 2 is 0.556 bits per heavy atom. The maximum atomic E-state index is 2.00. The second-order valence-corrected chi connectivity index (χ2v) is 2.68. The molecule has 0 aliphatic rings. The first-order valence-corrected chi connectivity index (χ1v) is 2.68. The topological polar surface area (TPSA) is 6.48 Å². The van der Waals surface area contributed by atoms with E-state index in [9.17, 15) is 0 Å². The van der Waals surface area contributed by atoms with E-state index in [4.69, 9.17) is 0 Å². The number of hydrogen-bond acceptors (Lipinski definition) is 2. The Balaban J connectivity index is -0.0000000720. The maximum absolute atomic E-state index is 2.00. The molecule has 60 valence electrons. The smallest absolute Gasteiger partial charge is 0.0140 e. The third-order valence-corrected chi connectivity index (χ3v) is 0. The van der Waals surface area contributed by atoms with E-state index in [0.717, 1.165) is 0 Å². The predicted octanol–water partition coefficient (Wildman–Crippen LogP) is 0.933. The molecule has 0 spiro atoms. The molecule has 9 heavy (non-hydrogen) atoms. The van der Waals surface area contributed by atoms with Crippen LogP contribution in [0.5, 0.6) is 0 Å². The first-order chi connectivity index (χ1) is 3.46. The van der Waals surface area contributed by atoms with Gasteiger partial charge in [-0.15, -0.1) is 17.0 Å². The zero-order valence-electron chi connectivity index (χ0n) is 7.30. The number of rotatable bonds is 0. The molecule has 0 saturated heterocycles. The fraction of sp³-hybridized carbons (Fsp3) is 1.00. The highest BCUT2D eigenvalue weighted by atomic mass is 79.9. The average molecular weight is 199 g/mol. The van der Waals surface area contributed by atoms with Gasteiger partial charge in [-0.3, -0.25) is 0 Å². The van der Waals surface area contributed by atoms with Crippen molar-refractivity contribution >= 4 is 17.0 Å². The summed E-state index contributed by atoms with van der Waals surface area (Å²) in [7, 11) is 12.0. The van der Waals surface area contributed by atoms with Crippen molar-refractivity contribution < 1.29 is 0 Å². The summed E-state index contributed by atoms with van der Waals surface area (Å²) in [5, 5.41) is 0. The van der Waals surface area contributed by atoms with Gasteiger partial charge in [0, 0.05) is 0 Å². The molecular formula is C6H19BrN2. The summed E-state index contributed by atoms with van der Waals surface area (Å²) in [5.74, 6) is 0. The van der Waals surface area contributed by atoms with E-state index >= 15 is 0 Å². The van der Waals surface area contributed by atoms with E-state index in [-0.39, 0.29) is 17.0 Å². The number of halogens is 1. The maximum Gasteiger partial charge on any atom is -0.0140 e. The minimum Gasteiger partial charge on any atom is -0.312 e. The van der Waals surface area contributed by atoms with Gasteiger partial charge in [-0.05, 0) is 42.3 Å². The van der Waals surface area contributed by atoms with E-state index in [2.05, 4.69) is 0 Å². The van der Waals surface area contributed by atoms with Crippen LogP contribution in [0.25, 0.3) is 0 Å². The average Bonchev–Trinajstić information content (AvgIpc) is 1.25. The summed E-state index contributed by atoms with van der Waals surface area (Å²) in [4.78, 5) is 4.00. The number of nitrogens with zero attached hydrogens (tertiary/aromatic N) is 2. The molecule has 0 aliphatic carbocycles. The Bertz CT molecular complexity index is 26.5. The first kappa shape index (κ1) is 16.2. The van der Waals surface area contributed by atoms with E-state index in [0.29, 0.717) is 0 Å². The van der Waals surface area contributed by atoms with Gasteiger partial charge in [-0.25, -0.2) is 0 Å². The highest BCUT2D eigenvalue weighted by Gasteiger charge is 1.58. The molecule has 0 N–H and O–H groups in total. The van der Waals surface area contributed by atoms with Crippen LogP contribution in [0.2, 0.25) is 0 Å². The third kappa shape index (κ3) is 2150. The van der Waals surface area contributed by atoms with E-state index in [1.54, 1.807) is 0 Å². The third-order valence-electron chi connectivity index (χ3n) is 0. The molecule has 0 atom stereocenters. The molecule has 0 aromatic heterocycles. The first-order valence-electron chi connectivity index (χ1n) is 2.68. The Hall–Kier alpha value is 0.400. The zero-order chi connectivity index (χ0) is 7.15. The standard InChI is InChI=1S/2C3H9N.BrH/c2*1-4(2)3;/h2*1-3H3;1H. The SMILES string of the molecule is Br.CN(C)C.CN(C)C. The van der Waals surface area contributed by atoms with Crippen LogP contribution < -0.4 is 0 Å². The lowest BCUT2D eigenvalue weighted by Gasteiger charge is -1.90.